The smallest absolute Gasteiger partial charge is 0.304 e. The van der Waals surface area contributed by atoms with E-state index in [1.165, 1.54) is 38.4 Å². The van der Waals surface area contributed by atoms with Gasteiger partial charge >= 0.3 is 10.2 Å². The molecule has 1 amide bonds. The number of hydrogen-bond donors (Lipinski definition) is 2. The Labute approximate surface area is 207 Å². The Bertz CT molecular complexity index is 1350. The molecule has 180 valence electrons. The molecule has 12 heteroatoms. The van der Waals surface area contributed by atoms with Crippen molar-refractivity contribution in [2.24, 2.45) is 0 Å². The predicted octanol–water partition coefficient (Wildman–Crippen LogP) is 3.50. The van der Waals surface area contributed by atoms with Gasteiger partial charge in [-0.05, 0) is 60.7 Å². The minimum absolute atomic E-state index is 0.00881. The van der Waals surface area contributed by atoms with Crippen molar-refractivity contribution >= 4 is 59.1 Å². The summed E-state index contributed by atoms with van der Waals surface area (Å²) in [6.45, 7) is -0.463. The molecule has 0 bridgehead atoms. The van der Waals surface area contributed by atoms with Crippen molar-refractivity contribution in [3.8, 4) is 0 Å². The van der Waals surface area contributed by atoms with Crippen LogP contribution in [-0.2, 0) is 25.0 Å². The molecule has 0 aliphatic heterocycles. The van der Waals surface area contributed by atoms with Gasteiger partial charge in [-0.1, -0.05) is 34.1 Å². The van der Waals surface area contributed by atoms with Crippen molar-refractivity contribution in [3.63, 3.8) is 0 Å². The second kappa shape index (κ2) is 10.6. The maximum Gasteiger partial charge on any atom is 0.304 e. The number of sulfonamides is 1. The van der Waals surface area contributed by atoms with Gasteiger partial charge in [0.15, 0.2) is 0 Å². The molecule has 0 aromatic heterocycles. The standard InChI is InChI=1S/C22H23BrN4O5S2/c1-26(2)34(31,32)27(20-6-4-3-5-7-20)16-22(28)24-18-12-14-21(15-13-18)33(29,30)25-19-10-8-17(23)9-11-19/h3-15,25H,16H2,1-2H3,(H,24,28). The Kier molecular flexibility index (Phi) is 7.97. The fourth-order valence-corrected chi connectivity index (χ4v) is 5.26. The van der Waals surface area contributed by atoms with Gasteiger partial charge in [0.05, 0.1) is 10.6 Å². The van der Waals surface area contributed by atoms with Crippen LogP contribution < -0.4 is 14.3 Å². The van der Waals surface area contributed by atoms with E-state index >= 15 is 0 Å². The topological polar surface area (TPSA) is 116 Å². The number of carbonyl (C=O) groups is 1. The molecule has 0 unspecified atom stereocenters. The molecule has 0 spiro atoms. The van der Waals surface area contributed by atoms with Gasteiger partial charge in [0.25, 0.3) is 10.0 Å². The van der Waals surface area contributed by atoms with E-state index in [0.717, 1.165) is 13.1 Å². The molecule has 3 aromatic carbocycles. The first-order valence-corrected chi connectivity index (χ1v) is 13.6. The van der Waals surface area contributed by atoms with Crippen molar-refractivity contribution in [1.82, 2.24) is 4.31 Å². The van der Waals surface area contributed by atoms with Gasteiger partial charge in [-0.25, -0.2) is 12.7 Å². The third-order valence-electron chi connectivity index (χ3n) is 4.62. The summed E-state index contributed by atoms with van der Waals surface area (Å²) in [6, 6.07) is 20.5. The van der Waals surface area contributed by atoms with Crippen LogP contribution in [0.2, 0.25) is 0 Å². The first kappa shape index (κ1) is 25.7. The van der Waals surface area contributed by atoms with Crippen molar-refractivity contribution in [1.29, 1.82) is 0 Å². The molecule has 9 nitrogen and oxygen atoms in total. The van der Waals surface area contributed by atoms with Crippen LogP contribution in [0.5, 0.6) is 0 Å². The number of para-hydroxylation sites is 1. The van der Waals surface area contributed by atoms with Crippen LogP contribution in [0.3, 0.4) is 0 Å². The molecular formula is C22H23BrN4O5S2. The lowest BCUT2D eigenvalue weighted by Crippen LogP contribution is -2.44. The van der Waals surface area contributed by atoms with E-state index in [2.05, 4.69) is 26.0 Å². The first-order valence-electron chi connectivity index (χ1n) is 9.92. The van der Waals surface area contributed by atoms with E-state index in [1.54, 1.807) is 54.6 Å². The van der Waals surface area contributed by atoms with Gasteiger partial charge in [0.1, 0.15) is 6.54 Å². The van der Waals surface area contributed by atoms with E-state index < -0.39 is 32.7 Å². The lowest BCUT2D eigenvalue weighted by Gasteiger charge is -2.26. The second-order valence-corrected chi connectivity index (χ2v) is 12.0. The molecule has 0 saturated heterocycles. The largest absolute Gasteiger partial charge is 0.325 e. The molecule has 0 atom stereocenters. The van der Waals surface area contributed by atoms with E-state index in [4.69, 9.17) is 0 Å². The fraction of sp³-hybridized carbons (Fsp3) is 0.136. The number of amides is 1. The summed E-state index contributed by atoms with van der Waals surface area (Å²) in [5.41, 5.74) is 1.07. The highest BCUT2D eigenvalue weighted by Crippen LogP contribution is 2.21. The molecule has 0 heterocycles. The van der Waals surface area contributed by atoms with Crippen molar-refractivity contribution in [2.45, 2.75) is 4.90 Å². The van der Waals surface area contributed by atoms with Gasteiger partial charge in [-0.3, -0.25) is 9.52 Å². The number of nitrogens with zero attached hydrogens (tertiary/aromatic N) is 2. The maximum atomic E-state index is 12.7. The average molecular weight is 567 g/mol. The number of rotatable bonds is 9. The van der Waals surface area contributed by atoms with Gasteiger partial charge < -0.3 is 5.32 Å². The molecule has 2 N–H and O–H groups in total. The number of hydrogen-bond acceptors (Lipinski definition) is 5. The zero-order valence-electron chi connectivity index (χ0n) is 18.3. The molecule has 0 saturated carbocycles. The summed E-state index contributed by atoms with van der Waals surface area (Å²) >= 11 is 3.29. The highest BCUT2D eigenvalue weighted by atomic mass is 79.9. The molecule has 0 aliphatic rings. The number of anilines is 3. The summed E-state index contributed by atoms with van der Waals surface area (Å²) in [7, 11) is -4.99. The van der Waals surface area contributed by atoms with E-state index in [9.17, 15) is 21.6 Å². The van der Waals surface area contributed by atoms with Crippen LogP contribution in [-0.4, -0.2) is 47.7 Å². The minimum Gasteiger partial charge on any atom is -0.325 e. The third-order valence-corrected chi connectivity index (χ3v) is 8.36. The van der Waals surface area contributed by atoms with Gasteiger partial charge in [-0.2, -0.15) is 12.7 Å². The number of carbonyl (C=O) groups excluding carboxylic acids is 1. The normalized spacial score (nSPS) is 11.8. The average Bonchev–Trinajstić information content (AvgIpc) is 2.79. The number of nitrogens with one attached hydrogen (secondary N) is 2. The summed E-state index contributed by atoms with van der Waals surface area (Å²) in [5, 5.41) is 2.60. The highest BCUT2D eigenvalue weighted by molar-refractivity contribution is 9.10. The second-order valence-electron chi connectivity index (χ2n) is 7.32. The number of benzene rings is 3. The van der Waals surface area contributed by atoms with Crippen LogP contribution in [0, 0.1) is 0 Å². The lowest BCUT2D eigenvalue weighted by atomic mass is 10.3. The van der Waals surface area contributed by atoms with Crippen LogP contribution >= 0.6 is 15.9 Å². The molecule has 3 aromatic rings. The number of halogens is 1. The van der Waals surface area contributed by atoms with E-state index in [-0.39, 0.29) is 4.90 Å². The molecule has 0 radical (unpaired) electrons. The Morgan fingerprint density at radius 1 is 0.824 bits per heavy atom. The third kappa shape index (κ3) is 6.35. The summed E-state index contributed by atoms with van der Waals surface area (Å²) in [5.74, 6) is -0.585. The highest BCUT2D eigenvalue weighted by Gasteiger charge is 2.27. The van der Waals surface area contributed by atoms with Crippen molar-refractivity contribution in [2.75, 3.05) is 35.0 Å². The minimum atomic E-state index is -3.92. The zero-order valence-corrected chi connectivity index (χ0v) is 21.6. The van der Waals surface area contributed by atoms with Gasteiger partial charge in [0.2, 0.25) is 5.91 Å². The van der Waals surface area contributed by atoms with Crippen LogP contribution in [0.4, 0.5) is 17.1 Å². The Balaban J connectivity index is 1.72. The Morgan fingerprint density at radius 3 is 1.94 bits per heavy atom. The molecule has 3 rings (SSSR count). The molecule has 0 aliphatic carbocycles. The van der Waals surface area contributed by atoms with E-state index in [0.29, 0.717) is 17.1 Å². The van der Waals surface area contributed by atoms with Crippen LogP contribution in [0.15, 0.2) is 88.2 Å². The van der Waals surface area contributed by atoms with Crippen LogP contribution in [0.25, 0.3) is 0 Å². The lowest BCUT2D eigenvalue weighted by molar-refractivity contribution is -0.114. The zero-order chi connectivity index (χ0) is 24.9. The predicted molar refractivity (Wildman–Crippen MR) is 136 cm³/mol. The molecular weight excluding hydrogens is 544 g/mol. The fourth-order valence-electron chi connectivity index (χ4n) is 2.88. The van der Waals surface area contributed by atoms with Crippen molar-refractivity contribution < 1.29 is 21.6 Å². The van der Waals surface area contributed by atoms with E-state index in [1.807, 2.05) is 0 Å². The summed E-state index contributed by atoms with van der Waals surface area (Å²) in [6.07, 6.45) is 0. The quantitative estimate of drug-likeness (QED) is 0.411. The van der Waals surface area contributed by atoms with Gasteiger partial charge in [0, 0.05) is 29.9 Å². The maximum absolute atomic E-state index is 12.7. The first-order chi connectivity index (χ1) is 16.0. The molecule has 0 fully saturated rings. The molecule has 34 heavy (non-hydrogen) atoms. The SMILES string of the molecule is CN(C)S(=O)(=O)N(CC(=O)Nc1ccc(S(=O)(=O)Nc2ccc(Br)cc2)cc1)c1ccccc1. The Hall–Kier alpha value is -2.93. The monoisotopic (exact) mass is 566 g/mol. The summed E-state index contributed by atoms with van der Waals surface area (Å²) in [4.78, 5) is 12.7. The summed E-state index contributed by atoms with van der Waals surface area (Å²) < 4.78 is 56.0. The van der Waals surface area contributed by atoms with Crippen molar-refractivity contribution in [3.05, 3.63) is 83.3 Å². The van der Waals surface area contributed by atoms with Crippen LogP contribution in [0.1, 0.15) is 0 Å². The van der Waals surface area contributed by atoms with Gasteiger partial charge in [-0.15, -0.1) is 0 Å². The Morgan fingerprint density at radius 2 is 1.38 bits per heavy atom.